The lowest BCUT2D eigenvalue weighted by Gasteiger charge is -2.07. The second-order valence-electron chi connectivity index (χ2n) is 3.47. The van der Waals surface area contributed by atoms with Crippen molar-refractivity contribution in [2.75, 3.05) is 7.11 Å². The van der Waals surface area contributed by atoms with E-state index in [-0.39, 0.29) is 0 Å². The highest BCUT2D eigenvalue weighted by molar-refractivity contribution is 9.10. The summed E-state index contributed by atoms with van der Waals surface area (Å²) in [6.07, 6.45) is 0. The van der Waals surface area contributed by atoms with Gasteiger partial charge in [0.05, 0.1) is 11.6 Å². The van der Waals surface area contributed by atoms with Gasteiger partial charge < -0.3 is 9.47 Å². The fourth-order valence-electron chi connectivity index (χ4n) is 1.33. The number of hydrogen-bond acceptors (Lipinski definition) is 4. The van der Waals surface area contributed by atoms with Crippen LogP contribution in [-0.2, 0) is 6.61 Å². The second-order valence-corrected chi connectivity index (χ2v) is 5.26. The molecule has 0 bridgehead atoms. The SMILES string of the molecule is COc1ccc(OCc2nc(C)cs2)c(Br)c1. The molecule has 90 valence electrons. The van der Waals surface area contributed by atoms with E-state index in [2.05, 4.69) is 20.9 Å². The Labute approximate surface area is 113 Å². The monoisotopic (exact) mass is 313 g/mol. The average molecular weight is 314 g/mol. The van der Waals surface area contributed by atoms with Gasteiger partial charge in [-0.15, -0.1) is 11.3 Å². The van der Waals surface area contributed by atoms with E-state index in [1.807, 2.05) is 30.5 Å². The zero-order valence-electron chi connectivity index (χ0n) is 9.57. The molecule has 0 atom stereocenters. The molecule has 0 aliphatic carbocycles. The Morgan fingerprint density at radius 3 is 2.82 bits per heavy atom. The molecule has 1 aromatic carbocycles. The summed E-state index contributed by atoms with van der Waals surface area (Å²) in [5.41, 5.74) is 1.03. The van der Waals surface area contributed by atoms with E-state index in [1.165, 1.54) is 0 Å². The first-order valence-corrected chi connectivity index (χ1v) is 6.73. The highest BCUT2D eigenvalue weighted by Crippen LogP contribution is 2.29. The molecule has 0 aliphatic heterocycles. The third-order valence-electron chi connectivity index (χ3n) is 2.16. The maximum absolute atomic E-state index is 5.68. The Bertz CT molecular complexity index is 513. The molecule has 0 saturated heterocycles. The lowest BCUT2D eigenvalue weighted by molar-refractivity contribution is 0.302. The Kier molecular flexibility index (Phi) is 4.02. The molecule has 2 rings (SSSR count). The molecule has 0 aliphatic rings. The van der Waals surface area contributed by atoms with Crippen LogP contribution in [0, 0.1) is 6.92 Å². The van der Waals surface area contributed by atoms with Gasteiger partial charge in [0.2, 0.25) is 0 Å². The van der Waals surface area contributed by atoms with E-state index in [0.717, 1.165) is 26.7 Å². The predicted octanol–water partition coefficient (Wildman–Crippen LogP) is 3.80. The number of thiazole rings is 1. The van der Waals surface area contributed by atoms with Gasteiger partial charge in [-0.2, -0.15) is 0 Å². The van der Waals surface area contributed by atoms with E-state index in [4.69, 9.17) is 9.47 Å². The summed E-state index contributed by atoms with van der Waals surface area (Å²) in [6, 6.07) is 5.62. The number of ether oxygens (including phenoxy) is 2. The van der Waals surface area contributed by atoms with Crippen LogP contribution in [0.2, 0.25) is 0 Å². The molecular formula is C12H12BrNO2S. The number of hydrogen-bond donors (Lipinski definition) is 0. The van der Waals surface area contributed by atoms with Crippen molar-refractivity contribution in [1.82, 2.24) is 4.98 Å². The number of aryl methyl sites for hydroxylation is 1. The minimum Gasteiger partial charge on any atom is -0.497 e. The molecule has 1 heterocycles. The molecule has 0 amide bonds. The van der Waals surface area contributed by atoms with Gasteiger partial charge in [-0.25, -0.2) is 4.98 Å². The summed E-state index contributed by atoms with van der Waals surface area (Å²) in [4.78, 5) is 4.34. The van der Waals surface area contributed by atoms with Crippen LogP contribution >= 0.6 is 27.3 Å². The molecule has 3 nitrogen and oxygen atoms in total. The average Bonchev–Trinajstić information content (AvgIpc) is 2.73. The normalized spacial score (nSPS) is 10.3. The first kappa shape index (κ1) is 12.4. The summed E-state index contributed by atoms with van der Waals surface area (Å²) in [6.45, 7) is 2.47. The lowest BCUT2D eigenvalue weighted by Crippen LogP contribution is -1.96. The number of aromatic nitrogens is 1. The van der Waals surface area contributed by atoms with Crippen LogP contribution in [0.1, 0.15) is 10.7 Å². The third-order valence-corrected chi connectivity index (χ3v) is 3.72. The summed E-state index contributed by atoms with van der Waals surface area (Å²) in [5.74, 6) is 1.59. The minimum absolute atomic E-state index is 0.490. The Morgan fingerprint density at radius 1 is 1.41 bits per heavy atom. The molecule has 5 heteroatoms. The van der Waals surface area contributed by atoms with Gasteiger partial charge in [-0.05, 0) is 41.1 Å². The summed E-state index contributed by atoms with van der Waals surface area (Å²) >= 11 is 5.05. The zero-order chi connectivity index (χ0) is 12.3. The van der Waals surface area contributed by atoms with Crippen molar-refractivity contribution in [1.29, 1.82) is 0 Å². The minimum atomic E-state index is 0.490. The fourth-order valence-corrected chi connectivity index (χ4v) is 2.49. The topological polar surface area (TPSA) is 31.4 Å². The molecule has 0 saturated carbocycles. The van der Waals surface area contributed by atoms with Crippen molar-refractivity contribution in [3.05, 3.63) is 38.8 Å². The molecule has 1 aromatic heterocycles. The van der Waals surface area contributed by atoms with E-state index in [9.17, 15) is 0 Å². The number of rotatable bonds is 4. The summed E-state index contributed by atoms with van der Waals surface area (Å²) in [7, 11) is 1.64. The Morgan fingerprint density at radius 2 is 2.24 bits per heavy atom. The number of halogens is 1. The molecule has 0 radical (unpaired) electrons. The zero-order valence-corrected chi connectivity index (χ0v) is 12.0. The standard InChI is InChI=1S/C12H12BrNO2S/c1-8-7-17-12(14-8)6-16-11-4-3-9(15-2)5-10(11)13/h3-5,7H,6H2,1-2H3. The van der Waals surface area contributed by atoms with Crippen LogP contribution in [0.15, 0.2) is 28.1 Å². The maximum atomic E-state index is 5.68. The molecule has 2 aromatic rings. The van der Waals surface area contributed by atoms with Crippen LogP contribution in [0.25, 0.3) is 0 Å². The van der Waals surface area contributed by atoms with Gasteiger partial charge in [0.15, 0.2) is 0 Å². The van der Waals surface area contributed by atoms with Crippen molar-refractivity contribution in [2.24, 2.45) is 0 Å². The first-order chi connectivity index (χ1) is 8.19. The maximum Gasteiger partial charge on any atom is 0.140 e. The smallest absolute Gasteiger partial charge is 0.140 e. The Balaban J connectivity index is 2.04. The predicted molar refractivity (Wildman–Crippen MR) is 71.9 cm³/mol. The lowest BCUT2D eigenvalue weighted by atomic mass is 10.3. The largest absolute Gasteiger partial charge is 0.497 e. The van der Waals surface area contributed by atoms with Gasteiger partial charge in [-0.3, -0.25) is 0 Å². The van der Waals surface area contributed by atoms with E-state index < -0.39 is 0 Å². The van der Waals surface area contributed by atoms with Crippen molar-refractivity contribution < 1.29 is 9.47 Å². The van der Waals surface area contributed by atoms with Gasteiger partial charge in [0.1, 0.15) is 23.1 Å². The fraction of sp³-hybridized carbons (Fsp3) is 0.250. The highest BCUT2D eigenvalue weighted by Gasteiger charge is 2.05. The van der Waals surface area contributed by atoms with Gasteiger partial charge in [0, 0.05) is 11.1 Å². The van der Waals surface area contributed by atoms with E-state index in [1.54, 1.807) is 18.4 Å². The van der Waals surface area contributed by atoms with Crippen LogP contribution in [0.4, 0.5) is 0 Å². The van der Waals surface area contributed by atoms with Crippen LogP contribution in [0.3, 0.4) is 0 Å². The van der Waals surface area contributed by atoms with E-state index in [0.29, 0.717) is 6.61 Å². The van der Waals surface area contributed by atoms with Crippen molar-refractivity contribution >= 4 is 27.3 Å². The Hall–Kier alpha value is -1.07. The summed E-state index contributed by atoms with van der Waals surface area (Å²) < 4.78 is 11.7. The highest BCUT2D eigenvalue weighted by atomic mass is 79.9. The summed E-state index contributed by atoms with van der Waals surface area (Å²) in [5, 5.41) is 2.99. The van der Waals surface area contributed by atoms with Crippen LogP contribution in [-0.4, -0.2) is 12.1 Å². The van der Waals surface area contributed by atoms with Gasteiger partial charge >= 0.3 is 0 Å². The second kappa shape index (κ2) is 5.51. The molecule has 0 spiro atoms. The van der Waals surface area contributed by atoms with E-state index >= 15 is 0 Å². The van der Waals surface area contributed by atoms with Crippen molar-refractivity contribution in [3.8, 4) is 11.5 Å². The number of methoxy groups -OCH3 is 1. The molecular weight excluding hydrogens is 302 g/mol. The van der Waals surface area contributed by atoms with Crippen LogP contribution < -0.4 is 9.47 Å². The molecule has 0 fully saturated rings. The van der Waals surface area contributed by atoms with Gasteiger partial charge in [0.25, 0.3) is 0 Å². The third kappa shape index (κ3) is 3.20. The first-order valence-electron chi connectivity index (χ1n) is 5.06. The van der Waals surface area contributed by atoms with Gasteiger partial charge in [-0.1, -0.05) is 0 Å². The van der Waals surface area contributed by atoms with Crippen LogP contribution in [0.5, 0.6) is 11.5 Å². The van der Waals surface area contributed by atoms with Crippen molar-refractivity contribution in [2.45, 2.75) is 13.5 Å². The quantitative estimate of drug-likeness (QED) is 0.860. The van der Waals surface area contributed by atoms with Crippen molar-refractivity contribution in [3.63, 3.8) is 0 Å². The molecule has 0 N–H and O–H groups in total. The number of nitrogens with zero attached hydrogens (tertiary/aromatic N) is 1. The number of benzene rings is 1. The molecule has 17 heavy (non-hydrogen) atoms. The molecule has 0 unspecified atom stereocenters.